The molecular formula is C35H44F6N2O6. The lowest BCUT2D eigenvalue weighted by atomic mass is 9.87. The van der Waals surface area contributed by atoms with E-state index in [4.69, 9.17) is 14.2 Å². The fraction of sp³-hybridized carbons (Fsp3) is 0.600. The molecule has 14 heteroatoms. The molecule has 0 aliphatic carbocycles. The summed E-state index contributed by atoms with van der Waals surface area (Å²) in [6.45, 7) is 5.53. The van der Waals surface area contributed by atoms with E-state index in [9.17, 15) is 41.0 Å². The van der Waals surface area contributed by atoms with Crippen molar-refractivity contribution in [3.05, 3.63) is 52.6 Å². The maximum atomic E-state index is 13.9. The Labute approximate surface area is 282 Å². The number of aliphatic hydroxyl groups is 1. The van der Waals surface area contributed by atoms with Gasteiger partial charge in [0.05, 0.1) is 6.61 Å². The molecule has 3 amide bonds. The molecule has 4 rings (SSSR count). The predicted octanol–water partition coefficient (Wildman–Crippen LogP) is 8.21. The number of imide groups is 1. The van der Waals surface area contributed by atoms with Gasteiger partial charge in [-0.05, 0) is 80.0 Å². The topological polar surface area (TPSA) is 97.3 Å². The van der Waals surface area contributed by atoms with Crippen molar-refractivity contribution in [3.8, 4) is 17.2 Å². The molecule has 2 N–H and O–H groups in total. The molecule has 1 unspecified atom stereocenters. The zero-order chi connectivity index (χ0) is 36.0. The number of amides is 3. The van der Waals surface area contributed by atoms with E-state index in [0.717, 1.165) is 49.1 Å². The smallest absolute Gasteiger partial charge is 0.430 e. The molecule has 0 spiro atoms. The molecule has 0 saturated carbocycles. The molecule has 2 aromatic carbocycles. The summed E-state index contributed by atoms with van der Waals surface area (Å²) in [5.74, 6) is 0.741. The molecule has 1 fully saturated rings. The zero-order valence-corrected chi connectivity index (χ0v) is 28.0. The van der Waals surface area contributed by atoms with Gasteiger partial charge in [-0.1, -0.05) is 58.4 Å². The molecule has 0 radical (unpaired) electrons. The molecule has 0 bridgehead atoms. The van der Waals surface area contributed by atoms with Gasteiger partial charge in [0.15, 0.2) is 11.5 Å². The highest BCUT2D eigenvalue weighted by Gasteiger charge is 2.71. The summed E-state index contributed by atoms with van der Waals surface area (Å²) in [7, 11) is 0. The van der Waals surface area contributed by atoms with E-state index in [1.807, 2.05) is 0 Å². The highest BCUT2D eigenvalue weighted by atomic mass is 19.4. The van der Waals surface area contributed by atoms with Gasteiger partial charge in [-0.25, -0.2) is 4.79 Å². The van der Waals surface area contributed by atoms with Crippen LogP contribution < -0.4 is 19.5 Å². The third kappa shape index (κ3) is 8.05. The third-order valence-electron chi connectivity index (χ3n) is 9.05. The summed E-state index contributed by atoms with van der Waals surface area (Å²) >= 11 is 0. The number of carbonyl (C=O) groups excluding carboxylic acids is 2. The Balaban J connectivity index is 1.48. The number of fused-ring (bicyclic) bond motifs is 1. The molecule has 272 valence electrons. The first-order valence-electron chi connectivity index (χ1n) is 16.8. The first-order chi connectivity index (χ1) is 23.1. The molecule has 2 heterocycles. The number of urea groups is 1. The highest BCUT2D eigenvalue weighted by molar-refractivity contribution is 6.07. The third-order valence-corrected chi connectivity index (χ3v) is 9.05. The van der Waals surface area contributed by atoms with Crippen LogP contribution in [0.1, 0.15) is 101 Å². The van der Waals surface area contributed by atoms with Crippen molar-refractivity contribution in [1.29, 1.82) is 0 Å². The number of carbonyl (C=O) groups is 2. The van der Waals surface area contributed by atoms with Gasteiger partial charge in [0.25, 0.3) is 11.5 Å². The average Bonchev–Trinajstić information content (AvgIpc) is 3.59. The summed E-state index contributed by atoms with van der Waals surface area (Å²) in [6.07, 6.45) is -5.54. The molecule has 1 atom stereocenters. The first kappa shape index (κ1) is 38.1. The lowest BCUT2D eigenvalue weighted by molar-refractivity contribution is -0.376. The van der Waals surface area contributed by atoms with Crippen LogP contribution >= 0.6 is 0 Å². The normalized spacial score (nSPS) is 18.0. The maximum Gasteiger partial charge on any atom is 0.430 e. The number of halogens is 6. The minimum atomic E-state index is -6.01. The monoisotopic (exact) mass is 702 g/mol. The standard InChI is InChI=1S/C35H44F6N2O6/c1-4-6-7-8-9-10-14-24-20-26(33(46,34(36,37)38)35(39,40)41)19-23(13-5-2)29(24)47-18-12-11-17-43-30(44)32(3,42-31(43)45)25-15-16-27-28(21-25)49-22-48-27/h15-16,19-21,46H,4-14,17-18,22H2,1-3H3,(H,42,45). The van der Waals surface area contributed by atoms with Crippen LogP contribution in [0.2, 0.25) is 0 Å². The molecular weight excluding hydrogens is 658 g/mol. The fourth-order valence-electron chi connectivity index (χ4n) is 6.22. The number of rotatable bonds is 17. The average molecular weight is 703 g/mol. The van der Waals surface area contributed by atoms with Gasteiger partial charge in [0.2, 0.25) is 6.79 Å². The second-order valence-corrected chi connectivity index (χ2v) is 12.7. The number of alkyl halides is 6. The Morgan fingerprint density at radius 1 is 0.837 bits per heavy atom. The van der Waals surface area contributed by atoms with E-state index < -0.39 is 41.0 Å². The predicted molar refractivity (Wildman–Crippen MR) is 168 cm³/mol. The lowest BCUT2D eigenvalue weighted by Crippen LogP contribution is -2.54. The van der Waals surface area contributed by atoms with E-state index in [1.165, 1.54) is 0 Å². The van der Waals surface area contributed by atoms with Crippen molar-refractivity contribution in [3.63, 3.8) is 0 Å². The Bertz CT molecular complexity index is 1470. The zero-order valence-electron chi connectivity index (χ0n) is 28.0. The van der Waals surface area contributed by atoms with Crippen LogP contribution in [0.3, 0.4) is 0 Å². The lowest BCUT2D eigenvalue weighted by Gasteiger charge is -2.33. The van der Waals surface area contributed by atoms with E-state index in [-0.39, 0.29) is 49.7 Å². The largest absolute Gasteiger partial charge is 0.493 e. The van der Waals surface area contributed by atoms with Crippen LogP contribution in [0.15, 0.2) is 30.3 Å². The second-order valence-electron chi connectivity index (χ2n) is 12.7. The number of unbranched alkanes of at least 4 members (excludes halogenated alkanes) is 6. The number of ether oxygens (including phenoxy) is 3. The summed E-state index contributed by atoms with van der Waals surface area (Å²) in [5, 5.41) is 12.9. The van der Waals surface area contributed by atoms with Crippen molar-refractivity contribution < 1.29 is 55.2 Å². The number of aryl methyl sites for hydroxylation is 2. The number of benzene rings is 2. The van der Waals surface area contributed by atoms with Crippen LogP contribution in [-0.4, -0.2) is 54.2 Å². The minimum absolute atomic E-state index is 0.0332. The summed E-state index contributed by atoms with van der Waals surface area (Å²) in [6, 6.07) is 5.92. The Morgan fingerprint density at radius 3 is 2.12 bits per heavy atom. The minimum Gasteiger partial charge on any atom is -0.493 e. The molecule has 2 aliphatic heterocycles. The summed E-state index contributed by atoms with van der Waals surface area (Å²) in [4.78, 5) is 27.3. The van der Waals surface area contributed by atoms with Crippen LogP contribution in [0.25, 0.3) is 0 Å². The molecule has 1 saturated heterocycles. The van der Waals surface area contributed by atoms with Crippen LogP contribution in [0, 0.1) is 0 Å². The molecule has 8 nitrogen and oxygen atoms in total. The molecule has 2 aromatic rings. The molecule has 2 aliphatic rings. The molecule has 0 aromatic heterocycles. The second kappa shape index (κ2) is 15.5. The van der Waals surface area contributed by atoms with Crippen molar-refractivity contribution in [2.45, 2.75) is 115 Å². The molecule has 49 heavy (non-hydrogen) atoms. The number of nitrogens with one attached hydrogen (secondary N) is 1. The number of nitrogens with zero attached hydrogens (tertiary/aromatic N) is 1. The van der Waals surface area contributed by atoms with Crippen molar-refractivity contribution >= 4 is 11.9 Å². The van der Waals surface area contributed by atoms with Gasteiger partial charge in [-0.3, -0.25) is 9.69 Å². The van der Waals surface area contributed by atoms with Crippen molar-refractivity contribution in [2.75, 3.05) is 19.9 Å². The Kier molecular flexibility index (Phi) is 12.0. The van der Waals surface area contributed by atoms with Crippen LogP contribution in [0.5, 0.6) is 17.2 Å². The van der Waals surface area contributed by atoms with Gasteiger partial charge in [-0.2, -0.15) is 26.3 Å². The Hall–Kier alpha value is -3.68. The van der Waals surface area contributed by atoms with Gasteiger partial charge >= 0.3 is 18.4 Å². The maximum absolute atomic E-state index is 13.9. The first-order valence-corrected chi connectivity index (χ1v) is 16.8. The summed E-state index contributed by atoms with van der Waals surface area (Å²) < 4.78 is 99.9. The van der Waals surface area contributed by atoms with E-state index >= 15 is 0 Å². The van der Waals surface area contributed by atoms with Crippen LogP contribution in [0.4, 0.5) is 31.1 Å². The Morgan fingerprint density at radius 2 is 1.47 bits per heavy atom. The van der Waals surface area contributed by atoms with E-state index in [1.54, 1.807) is 32.0 Å². The van der Waals surface area contributed by atoms with E-state index in [2.05, 4.69) is 12.2 Å². The summed E-state index contributed by atoms with van der Waals surface area (Å²) in [5.41, 5.74) is -6.83. The SMILES string of the molecule is CCCCCCCCc1cc(C(O)(C(F)(F)F)C(F)(F)F)cc(CCC)c1OCCCCN1C(=O)NC(C)(c2ccc3c(c2)OCO3)C1=O. The van der Waals surface area contributed by atoms with Crippen molar-refractivity contribution in [2.24, 2.45) is 0 Å². The number of hydrogen-bond donors (Lipinski definition) is 2. The highest BCUT2D eigenvalue weighted by Crippen LogP contribution is 2.51. The van der Waals surface area contributed by atoms with Crippen LogP contribution in [-0.2, 0) is 28.8 Å². The quantitative estimate of drug-likeness (QED) is 0.0980. The van der Waals surface area contributed by atoms with Gasteiger partial charge in [-0.15, -0.1) is 0 Å². The van der Waals surface area contributed by atoms with E-state index in [0.29, 0.717) is 42.7 Å². The van der Waals surface area contributed by atoms with Gasteiger partial charge < -0.3 is 24.6 Å². The van der Waals surface area contributed by atoms with Gasteiger partial charge in [0.1, 0.15) is 11.3 Å². The fourth-order valence-corrected chi connectivity index (χ4v) is 6.22. The van der Waals surface area contributed by atoms with Gasteiger partial charge in [0, 0.05) is 12.1 Å². The van der Waals surface area contributed by atoms with Crippen molar-refractivity contribution in [1.82, 2.24) is 10.2 Å². The number of hydrogen-bond acceptors (Lipinski definition) is 6.